The smallest absolute Gasteiger partial charge is 0.337 e. The largest absolute Gasteiger partial charge is 0.507 e. The first-order valence-electron chi connectivity index (χ1n) is 9.65. The van der Waals surface area contributed by atoms with Crippen molar-refractivity contribution < 1.29 is 34.1 Å². The molecule has 0 unspecified atom stereocenters. The number of methoxy groups -OCH3 is 2. The number of carbonyl (C=O) groups is 3. The van der Waals surface area contributed by atoms with Crippen molar-refractivity contribution in [3.8, 4) is 5.75 Å². The van der Waals surface area contributed by atoms with E-state index in [1.807, 2.05) is 0 Å². The van der Waals surface area contributed by atoms with Gasteiger partial charge in [-0.25, -0.2) is 4.79 Å². The molecule has 1 aliphatic rings. The standard InChI is InChI=1S/C23H23NO7/c1-30-17-10-8-15(9-11-17)20(26)18-19(24(12-3-13-25)22(28)21(18)27)14-4-6-16(7-5-14)23(29)31-2/h4-11,19,25-26H,3,12-13H2,1-2H3/t19-/m0/s1. The van der Waals surface area contributed by atoms with Crippen molar-refractivity contribution in [2.45, 2.75) is 12.5 Å². The summed E-state index contributed by atoms with van der Waals surface area (Å²) < 4.78 is 9.82. The number of esters is 1. The van der Waals surface area contributed by atoms with Crippen LogP contribution in [0, 0.1) is 0 Å². The second-order valence-electron chi connectivity index (χ2n) is 6.91. The van der Waals surface area contributed by atoms with E-state index in [1.165, 1.54) is 31.3 Å². The maximum absolute atomic E-state index is 12.9. The fourth-order valence-corrected chi connectivity index (χ4v) is 3.52. The SMILES string of the molecule is COC(=O)c1ccc([C@H]2C(=C(O)c3ccc(OC)cc3)C(=O)C(=O)N2CCCO)cc1. The van der Waals surface area contributed by atoms with Crippen LogP contribution in [0.4, 0.5) is 0 Å². The highest BCUT2D eigenvalue weighted by Crippen LogP contribution is 2.39. The zero-order chi connectivity index (χ0) is 22.5. The molecule has 1 aliphatic heterocycles. The summed E-state index contributed by atoms with van der Waals surface area (Å²) in [4.78, 5) is 38.6. The highest BCUT2D eigenvalue weighted by molar-refractivity contribution is 6.46. The van der Waals surface area contributed by atoms with E-state index in [-0.39, 0.29) is 30.9 Å². The van der Waals surface area contributed by atoms with Crippen LogP contribution in [0.25, 0.3) is 5.76 Å². The Bertz CT molecular complexity index is 1010. The predicted octanol–water partition coefficient (Wildman–Crippen LogP) is 2.29. The van der Waals surface area contributed by atoms with E-state index < -0.39 is 23.7 Å². The molecule has 8 heteroatoms. The number of amides is 1. The van der Waals surface area contributed by atoms with Gasteiger partial charge < -0.3 is 24.6 Å². The van der Waals surface area contributed by atoms with E-state index >= 15 is 0 Å². The number of aliphatic hydroxyl groups excluding tert-OH is 2. The Balaban J connectivity index is 2.11. The molecule has 1 saturated heterocycles. The Morgan fingerprint density at radius 2 is 1.61 bits per heavy atom. The third-order valence-electron chi connectivity index (χ3n) is 5.11. The van der Waals surface area contributed by atoms with Crippen LogP contribution in [0.1, 0.15) is 33.9 Å². The molecule has 0 saturated carbocycles. The maximum Gasteiger partial charge on any atom is 0.337 e. The number of ketones is 1. The molecule has 1 fully saturated rings. The lowest BCUT2D eigenvalue weighted by molar-refractivity contribution is -0.140. The second-order valence-corrected chi connectivity index (χ2v) is 6.91. The minimum Gasteiger partial charge on any atom is -0.507 e. The lowest BCUT2D eigenvalue weighted by atomic mass is 9.94. The van der Waals surface area contributed by atoms with Crippen molar-refractivity contribution in [3.05, 3.63) is 70.8 Å². The number of ether oxygens (including phenoxy) is 2. The Labute approximate surface area is 179 Å². The molecule has 3 rings (SSSR count). The van der Waals surface area contributed by atoms with Gasteiger partial charge in [-0.05, 0) is 48.4 Å². The zero-order valence-corrected chi connectivity index (χ0v) is 17.2. The lowest BCUT2D eigenvalue weighted by Gasteiger charge is -2.25. The van der Waals surface area contributed by atoms with Crippen molar-refractivity contribution in [3.63, 3.8) is 0 Å². The number of aliphatic hydroxyl groups is 2. The number of benzene rings is 2. The van der Waals surface area contributed by atoms with Crippen LogP contribution >= 0.6 is 0 Å². The topological polar surface area (TPSA) is 113 Å². The second kappa shape index (κ2) is 9.44. The summed E-state index contributed by atoms with van der Waals surface area (Å²) in [5.41, 5.74) is 1.16. The molecule has 8 nitrogen and oxygen atoms in total. The Hall–Kier alpha value is -3.65. The molecular weight excluding hydrogens is 402 g/mol. The van der Waals surface area contributed by atoms with Crippen molar-refractivity contribution in [2.24, 2.45) is 0 Å². The molecule has 1 heterocycles. The molecular formula is C23H23NO7. The van der Waals surface area contributed by atoms with Gasteiger partial charge in [0, 0.05) is 18.7 Å². The Kier molecular flexibility index (Phi) is 6.71. The summed E-state index contributed by atoms with van der Waals surface area (Å²) in [7, 11) is 2.79. The third-order valence-corrected chi connectivity index (χ3v) is 5.11. The molecule has 0 aliphatic carbocycles. The van der Waals surface area contributed by atoms with Crippen molar-refractivity contribution in [1.29, 1.82) is 0 Å². The van der Waals surface area contributed by atoms with Crippen molar-refractivity contribution in [2.75, 3.05) is 27.4 Å². The van der Waals surface area contributed by atoms with Gasteiger partial charge in [0.05, 0.1) is 31.4 Å². The van der Waals surface area contributed by atoms with Gasteiger partial charge in [0.2, 0.25) is 0 Å². The van der Waals surface area contributed by atoms with Crippen LogP contribution in [0.5, 0.6) is 5.75 Å². The van der Waals surface area contributed by atoms with Gasteiger partial charge in [-0.2, -0.15) is 0 Å². The number of Topliss-reactive ketones (excluding diaryl/α,β-unsaturated/α-hetero) is 1. The van der Waals surface area contributed by atoms with Gasteiger partial charge in [0.25, 0.3) is 11.7 Å². The van der Waals surface area contributed by atoms with Gasteiger partial charge >= 0.3 is 5.97 Å². The van der Waals surface area contributed by atoms with E-state index in [2.05, 4.69) is 0 Å². The van der Waals surface area contributed by atoms with Gasteiger partial charge in [-0.3, -0.25) is 9.59 Å². The maximum atomic E-state index is 12.9. The van der Waals surface area contributed by atoms with Crippen LogP contribution < -0.4 is 4.74 Å². The number of likely N-dealkylation sites (tertiary alicyclic amines) is 1. The lowest BCUT2D eigenvalue weighted by Crippen LogP contribution is -2.31. The molecule has 0 aromatic heterocycles. The van der Waals surface area contributed by atoms with E-state index in [1.54, 1.807) is 36.4 Å². The molecule has 2 N–H and O–H groups in total. The average molecular weight is 425 g/mol. The first-order valence-corrected chi connectivity index (χ1v) is 9.65. The van der Waals surface area contributed by atoms with Gasteiger partial charge in [-0.1, -0.05) is 12.1 Å². The molecule has 0 spiro atoms. The highest BCUT2D eigenvalue weighted by atomic mass is 16.5. The normalized spacial score (nSPS) is 17.6. The molecule has 1 amide bonds. The molecule has 1 atom stereocenters. The van der Waals surface area contributed by atoms with Gasteiger partial charge in [-0.15, -0.1) is 0 Å². The first-order chi connectivity index (χ1) is 14.9. The molecule has 162 valence electrons. The molecule has 2 aromatic rings. The number of carbonyl (C=O) groups excluding carboxylic acids is 3. The molecule has 0 radical (unpaired) electrons. The van der Waals surface area contributed by atoms with E-state index in [4.69, 9.17) is 9.47 Å². The van der Waals surface area contributed by atoms with Crippen molar-refractivity contribution in [1.82, 2.24) is 4.90 Å². The van der Waals surface area contributed by atoms with Crippen LogP contribution in [0.15, 0.2) is 54.1 Å². The fraction of sp³-hybridized carbons (Fsp3) is 0.261. The summed E-state index contributed by atoms with van der Waals surface area (Å²) in [6.45, 7) is -0.0284. The van der Waals surface area contributed by atoms with Crippen LogP contribution in [0.3, 0.4) is 0 Å². The Morgan fingerprint density at radius 3 is 2.16 bits per heavy atom. The van der Waals surface area contributed by atoms with E-state index in [0.29, 0.717) is 22.4 Å². The predicted molar refractivity (Wildman–Crippen MR) is 111 cm³/mol. The number of rotatable bonds is 7. The molecule has 2 aromatic carbocycles. The van der Waals surface area contributed by atoms with Crippen LogP contribution in [-0.2, 0) is 14.3 Å². The molecule has 31 heavy (non-hydrogen) atoms. The van der Waals surface area contributed by atoms with E-state index in [0.717, 1.165) is 0 Å². The van der Waals surface area contributed by atoms with Gasteiger partial charge in [0.15, 0.2) is 0 Å². The summed E-state index contributed by atoms with van der Waals surface area (Å²) in [5.74, 6) is -1.82. The first kappa shape index (κ1) is 22.0. The average Bonchev–Trinajstić information content (AvgIpc) is 3.06. The quantitative estimate of drug-likeness (QED) is 0.303. The number of hydrogen-bond donors (Lipinski definition) is 2. The number of hydrogen-bond acceptors (Lipinski definition) is 7. The van der Waals surface area contributed by atoms with Crippen LogP contribution in [0.2, 0.25) is 0 Å². The zero-order valence-electron chi connectivity index (χ0n) is 17.2. The van der Waals surface area contributed by atoms with Crippen molar-refractivity contribution >= 4 is 23.4 Å². The van der Waals surface area contributed by atoms with Gasteiger partial charge in [0.1, 0.15) is 11.5 Å². The number of nitrogens with zero attached hydrogens (tertiary/aromatic N) is 1. The fourth-order valence-electron chi connectivity index (χ4n) is 3.52. The Morgan fingerprint density at radius 1 is 1.00 bits per heavy atom. The van der Waals surface area contributed by atoms with E-state index in [9.17, 15) is 24.6 Å². The minimum atomic E-state index is -0.861. The summed E-state index contributed by atoms with van der Waals surface area (Å²) in [6, 6.07) is 11.9. The summed E-state index contributed by atoms with van der Waals surface area (Å²) in [5, 5.41) is 20.2. The summed E-state index contributed by atoms with van der Waals surface area (Å²) >= 11 is 0. The minimum absolute atomic E-state index is 0.0566. The van der Waals surface area contributed by atoms with Crippen LogP contribution in [-0.4, -0.2) is 60.1 Å². The summed E-state index contributed by atoms with van der Waals surface area (Å²) in [6.07, 6.45) is 0.270. The third kappa shape index (κ3) is 4.29. The molecule has 0 bridgehead atoms. The monoisotopic (exact) mass is 425 g/mol. The highest BCUT2D eigenvalue weighted by Gasteiger charge is 2.45.